The second kappa shape index (κ2) is 5.89. The molecule has 1 aliphatic heterocycles. The molecule has 1 fully saturated rings. The molecule has 1 aromatic rings. The summed E-state index contributed by atoms with van der Waals surface area (Å²) in [5, 5.41) is 12.8. The standard InChI is InChI=1S/C13H17BrFNO2/c1-18-13-9(6-8-2-4-16-5-3-8)7-10(14)12(17)11(13)15/h7-8,16-17H,2-6H2,1H3. The number of piperidine rings is 1. The van der Waals surface area contributed by atoms with Crippen molar-refractivity contribution in [3.05, 3.63) is 21.9 Å². The van der Waals surface area contributed by atoms with E-state index in [1.54, 1.807) is 6.07 Å². The van der Waals surface area contributed by atoms with E-state index in [4.69, 9.17) is 4.74 Å². The van der Waals surface area contributed by atoms with Crippen LogP contribution in [0.15, 0.2) is 10.5 Å². The van der Waals surface area contributed by atoms with Crippen molar-refractivity contribution in [2.45, 2.75) is 19.3 Å². The minimum absolute atomic E-state index is 0.161. The molecule has 0 unspecified atom stereocenters. The van der Waals surface area contributed by atoms with E-state index in [0.717, 1.165) is 37.9 Å². The van der Waals surface area contributed by atoms with Crippen LogP contribution in [-0.2, 0) is 6.42 Å². The van der Waals surface area contributed by atoms with Crippen LogP contribution in [0.25, 0.3) is 0 Å². The molecule has 1 heterocycles. The third-order valence-electron chi connectivity index (χ3n) is 3.40. The molecule has 0 aromatic heterocycles. The lowest BCUT2D eigenvalue weighted by atomic mass is 9.90. The number of hydrogen-bond donors (Lipinski definition) is 2. The highest BCUT2D eigenvalue weighted by atomic mass is 79.9. The second-order valence-corrected chi connectivity index (χ2v) is 5.47. The molecule has 0 spiro atoms. The van der Waals surface area contributed by atoms with Gasteiger partial charge in [0.2, 0.25) is 5.82 Å². The number of aromatic hydroxyl groups is 1. The molecule has 0 radical (unpaired) electrons. The van der Waals surface area contributed by atoms with Crippen molar-refractivity contribution in [2.24, 2.45) is 5.92 Å². The van der Waals surface area contributed by atoms with Crippen LogP contribution in [-0.4, -0.2) is 25.3 Å². The molecule has 0 atom stereocenters. The highest BCUT2D eigenvalue weighted by Gasteiger charge is 2.21. The summed E-state index contributed by atoms with van der Waals surface area (Å²) in [5.74, 6) is -0.373. The predicted octanol–water partition coefficient (Wildman–Crippen LogP) is 2.84. The maximum atomic E-state index is 13.9. The minimum atomic E-state index is -0.684. The van der Waals surface area contributed by atoms with Crippen LogP contribution >= 0.6 is 15.9 Å². The molecule has 2 N–H and O–H groups in total. The number of benzene rings is 1. The Kier molecular flexibility index (Phi) is 4.45. The van der Waals surface area contributed by atoms with Crippen molar-refractivity contribution in [1.29, 1.82) is 0 Å². The lowest BCUT2D eigenvalue weighted by Gasteiger charge is -2.23. The fourth-order valence-corrected chi connectivity index (χ4v) is 2.86. The van der Waals surface area contributed by atoms with E-state index in [0.29, 0.717) is 10.4 Å². The molecule has 0 saturated carbocycles. The summed E-state index contributed by atoms with van der Waals surface area (Å²) in [6.45, 7) is 2.02. The van der Waals surface area contributed by atoms with E-state index < -0.39 is 5.82 Å². The van der Waals surface area contributed by atoms with Gasteiger partial charge in [-0.25, -0.2) is 0 Å². The van der Waals surface area contributed by atoms with Gasteiger partial charge in [-0.1, -0.05) is 0 Å². The number of halogens is 2. The number of nitrogens with one attached hydrogen (secondary N) is 1. The van der Waals surface area contributed by atoms with E-state index in [1.165, 1.54) is 7.11 Å². The van der Waals surface area contributed by atoms with Gasteiger partial charge in [-0.3, -0.25) is 0 Å². The van der Waals surface area contributed by atoms with Crippen molar-refractivity contribution >= 4 is 15.9 Å². The van der Waals surface area contributed by atoms with Gasteiger partial charge in [0.25, 0.3) is 0 Å². The molecule has 0 bridgehead atoms. The Hall–Kier alpha value is -0.810. The summed E-state index contributed by atoms with van der Waals surface area (Å²) in [4.78, 5) is 0. The average molecular weight is 318 g/mol. The highest BCUT2D eigenvalue weighted by Crippen LogP contribution is 2.38. The molecule has 1 saturated heterocycles. The van der Waals surface area contributed by atoms with Crippen LogP contribution in [0.5, 0.6) is 11.5 Å². The van der Waals surface area contributed by atoms with Gasteiger partial charge >= 0.3 is 0 Å². The molecule has 1 aliphatic rings. The van der Waals surface area contributed by atoms with E-state index in [-0.39, 0.29) is 11.5 Å². The first-order valence-corrected chi connectivity index (χ1v) is 6.87. The molecule has 3 nitrogen and oxygen atoms in total. The molecule has 0 amide bonds. The summed E-state index contributed by atoms with van der Waals surface area (Å²) < 4.78 is 19.3. The molecule has 100 valence electrons. The summed E-state index contributed by atoms with van der Waals surface area (Å²) >= 11 is 3.17. The first-order chi connectivity index (χ1) is 8.63. The van der Waals surface area contributed by atoms with Crippen molar-refractivity contribution < 1.29 is 14.2 Å². The van der Waals surface area contributed by atoms with E-state index in [1.807, 2.05) is 0 Å². The van der Waals surface area contributed by atoms with Gasteiger partial charge in [-0.05, 0) is 65.8 Å². The summed E-state index contributed by atoms with van der Waals surface area (Å²) in [6.07, 6.45) is 2.95. The molecule has 5 heteroatoms. The maximum Gasteiger partial charge on any atom is 0.208 e. The number of ether oxygens (including phenoxy) is 1. The number of phenols is 1. The number of rotatable bonds is 3. The van der Waals surface area contributed by atoms with Crippen molar-refractivity contribution in [3.8, 4) is 11.5 Å². The molecular weight excluding hydrogens is 301 g/mol. The lowest BCUT2D eigenvalue weighted by Crippen LogP contribution is -2.28. The Morgan fingerprint density at radius 1 is 1.50 bits per heavy atom. The molecular formula is C13H17BrFNO2. The Morgan fingerprint density at radius 2 is 2.17 bits per heavy atom. The van der Waals surface area contributed by atoms with E-state index >= 15 is 0 Å². The monoisotopic (exact) mass is 317 g/mol. The third-order valence-corrected chi connectivity index (χ3v) is 4.00. The smallest absolute Gasteiger partial charge is 0.208 e. The van der Waals surface area contributed by atoms with Crippen LogP contribution in [0, 0.1) is 11.7 Å². The fourth-order valence-electron chi connectivity index (χ4n) is 2.41. The van der Waals surface area contributed by atoms with Crippen LogP contribution in [0.1, 0.15) is 18.4 Å². The summed E-state index contributed by atoms with van der Waals surface area (Å²) in [5.41, 5.74) is 0.812. The van der Waals surface area contributed by atoms with Gasteiger partial charge in [-0.15, -0.1) is 0 Å². The zero-order chi connectivity index (χ0) is 13.1. The predicted molar refractivity (Wildman–Crippen MR) is 71.6 cm³/mol. The summed E-state index contributed by atoms with van der Waals surface area (Å²) in [7, 11) is 1.43. The number of methoxy groups -OCH3 is 1. The zero-order valence-electron chi connectivity index (χ0n) is 10.3. The van der Waals surface area contributed by atoms with Gasteiger partial charge in [0.1, 0.15) is 0 Å². The summed E-state index contributed by atoms with van der Waals surface area (Å²) in [6, 6.07) is 1.75. The van der Waals surface area contributed by atoms with Crippen LogP contribution < -0.4 is 10.1 Å². The van der Waals surface area contributed by atoms with Gasteiger partial charge in [0, 0.05) is 0 Å². The lowest BCUT2D eigenvalue weighted by molar-refractivity contribution is 0.342. The average Bonchev–Trinajstić information content (AvgIpc) is 2.38. The van der Waals surface area contributed by atoms with Crippen molar-refractivity contribution in [1.82, 2.24) is 5.32 Å². The Morgan fingerprint density at radius 3 is 2.78 bits per heavy atom. The molecule has 18 heavy (non-hydrogen) atoms. The van der Waals surface area contributed by atoms with Crippen LogP contribution in [0.3, 0.4) is 0 Å². The number of hydrogen-bond acceptors (Lipinski definition) is 3. The minimum Gasteiger partial charge on any atom is -0.504 e. The molecule has 1 aromatic carbocycles. The van der Waals surface area contributed by atoms with E-state index in [9.17, 15) is 9.50 Å². The Balaban J connectivity index is 2.25. The van der Waals surface area contributed by atoms with Gasteiger partial charge in [0.15, 0.2) is 11.5 Å². The molecule has 2 rings (SSSR count). The maximum absolute atomic E-state index is 13.9. The number of phenolic OH excluding ortho intramolecular Hbond substituents is 1. The van der Waals surface area contributed by atoms with Gasteiger partial charge in [0.05, 0.1) is 11.6 Å². The van der Waals surface area contributed by atoms with Crippen molar-refractivity contribution in [3.63, 3.8) is 0 Å². The Labute approximate surface area is 114 Å². The third kappa shape index (κ3) is 2.78. The molecule has 0 aliphatic carbocycles. The zero-order valence-corrected chi connectivity index (χ0v) is 11.9. The quantitative estimate of drug-likeness (QED) is 0.900. The van der Waals surface area contributed by atoms with Gasteiger partial charge in [-0.2, -0.15) is 4.39 Å². The normalized spacial score (nSPS) is 16.8. The van der Waals surface area contributed by atoms with Crippen molar-refractivity contribution in [2.75, 3.05) is 20.2 Å². The first-order valence-electron chi connectivity index (χ1n) is 6.08. The van der Waals surface area contributed by atoms with E-state index in [2.05, 4.69) is 21.2 Å². The van der Waals surface area contributed by atoms with Gasteiger partial charge < -0.3 is 15.2 Å². The SMILES string of the molecule is COc1c(CC2CCNCC2)cc(Br)c(O)c1F. The topological polar surface area (TPSA) is 41.5 Å². The Bertz CT molecular complexity index is 433. The van der Waals surface area contributed by atoms with Crippen LogP contribution in [0.2, 0.25) is 0 Å². The largest absolute Gasteiger partial charge is 0.504 e. The first kappa shape index (κ1) is 13.6. The second-order valence-electron chi connectivity index (χ2n) is 4.61. The highest BCUT2D eigenvalue weighted by molar-refractivity contribution is 9.10. The van der Waals surface area contributed by atoms with Crippen LogP contribution in [0.4, 0.5) is 4.39 Å². The fraction of sp³-hybridized carbons (Fsp3) is 0.538.